The summed E-state index contributed by atoms with van der Waals surface area (Å²) in [5, 5.41) is 6.94. The van der Waals surface area contributed by atoms with Crippen LogP contribution >= 0.6 is 11.6 Å². The zero-order chi connectivity index (χ0) is 17.6. The van der Waals surface area contributed by atoms with Crippen molar-refractivity contribution >= 4 is 17.5 Å². The van der Waals surface area contributed by atoms with Crippen molar-refractivity contribution in [2.24, 2.45) is 5.92 Å². The van der Waals surface area contributed by atoms with Crippen molar-refractivity contribution in [3.63, 3.8) is 0 Å². The number of hydrogen-bond acceptors (Lipinski definition) is 2. The molecular weight excluding hydrogens is 339 g/mol. The van der Waals surface area contributed by atoms with Crippen LogP contribution in [-0.2, 0) is 4.79 Å². The van der Waals surface area contributed by atoms with Gasteiger partial charge in [0.1, 0.15) is 5.82 Å². The first-order valence-electron chi connectivity index (χ1n) is 8.63. The van der Waals surface area contributed by atoms with E-state index in [0.29, 0.717) is 22.9 Å². The fraction of sp³-hybridized carbons (Fsp3) is 0.350. The smallest absolute Gasteiger partial charge is 0.220 e. The van der Waals surface area contributed by atoms with Crippen molar-refractivity contribution in [2.75, 3.05) is 13.1 Å². The van der Waals surface area contributed by atoms with Crippen LogP contribution in [0.15, 0.2) is 48.5 Å². The number of amides is 1. The number of hydrogen-bond donors (Lipinski definition) is 2. The van der Waals surface area contributed by atoms with Crippen molar-refractivity contribution in [3.8, 4) is 0 Å². The highest BCUT2D eigenvalue weighted by Gasteiger charge is 2.20. The molecule has 132 valence electrons. The lowest BCUT2D eigenvalue weighted by atomic mass is 9.97. The topological polar surface area (TPSA) is 41.1 Å². The summed E-state index contributed by atoms with van der Waals surface area (Å²) in [6, 6.07) is 13.2. The molecule has 1 heterocycles. The van der Waals surface area contributed by atoms with Crippen LogP contribution in [0.5, 0.6) is 0 Å². The van der Waals surface area contributed by atoms with Gasteiger partial charge in [-0.1, -0.05) is 35.9 Å². The van der Waals surface area contributed by atoms with Gasteiger partial charge in [0.2, 0.25) is 5.91 Å². The van der Waals surface area contributed by atoms with E-state index in [1.54, 1.807) is 18.2 Å². The van der Waals surface area contributed by atoms with E-state index in [1.807, 2.05) is 18.2 Å². The van der Waals surface area contributed by atoms with Gasteiger partial charge in [0, 0.05) is 11.4 Å². The van der Waals surface area contributed by atoms with E-state index < -0.39 is 6.04 Å². The molecule has 0 radical (unpaired) electrons. The molecule has 0 spiro atoms. The molecule has 5 heteroatoms. The van der Waals surface area contributed by atoms with Crippen molar-refractivity contribution in [3.05, 3.63) is 70.5 Å². The second-order valence-corrected chi connectivity index (χ2v) is 6.94. The second kappa shape index (κ2) is 8.45. The minimum atomic E-state index is -0.413. The maximum atomic E-state index is 13.7. The van der Waals surface area contributed by atoms with Gasteiger partial charge in [0.05, 0.1) is 6.04 Å². The van der Waals surface area contributed by atoms with E-state index in [-0.39, 0.29) is 11.7 Å². The van der Waals surface area contributed by atoms with E-state index >= 15 is 0 Å². The predicted molar refractivity (Wildman–Crippen MR) is 98.0 cm³/mol. The summed E-state index contributed by atoms with van der Waals surface area (Å²) >= 11 is 6.10. The molecule has 1 aliphatic rings. The third-order valence-corrected chi connectivity index (χ3v) is 4.85. The molecule has 1 fully saturated rings. The summed E-state index contributed by atoms with van der Waals surface area (Å²) in [6.07, 6.45) is 2.46. The highest BCUT2D eigenvalue weighted by Crippen LogP contribution is 2.25. The molecule has 25 heavy (non-hydrogen) atoms. The molecule has 0 bridgehead atoms. The summed E-state index contributed by atoms with van der Waals surface area (Å²) in [5.41, 5.74) is 1.55. The molecule has 2 aromatic carbocycles. The molecule has 2 unspecified atom stereocenters. The summed E-state index contributed by atoms with van der Waals surface area (Å²) in [7, 11) is 0. The summed E-state index contributed by atoms with van der Waals surface area (Å²) in [6.45, 7) is 2.01. The maximum Gasteiger partial charge on any atom is 0.220 e. The van der Waals surface area contributed by atoms with Gasteiger partial charge in [-0.2, -0.15) is 0 Å². The van der Waals surface area contributed by atoms with E-state index in [9.17, 15) is 9.18 Å². The molecule has 3 nitrogen and oxygen atoms in total. The Morgan fingerprint density at radius 3 is 2.68 bits per heavy atom. The third-order valence-electron chi connectivity index (χ3n) is 4.61. The highest BCUT2D eigenvalue weighted by molar-refractivity contribution is 6.30. The number of nitrogens with one attached hydrogen (secondary N) is 2. The standard InChI is InChI=1S/C20H22ClFN2O/c21-17-5-1-3-15(11-17)20(16-4-2-6-18(22)12-16)24-19(25)8-7-14-9-10-23-13-14/h1-6,11-12,14,20,23H,7-10,13H2,(H,24,25). The zero-order valence-electron chi connectivity index (χ0n) is 14.0. The normalized spacial score (nSPS) is 18.1. The van der Waals surface area contributed by atoms with Crippen molar-refractivity contribution < 1.29 is 9.18 Å². The first-order valence-corrected chi connectivity index (χ1v) is 9.00. The average molecular weight is 361 g/mol. The number of carbonyl (C=O) groups is 1. The first kappa shape index (κ1) is 17.9. The van der Waals surface area contributed by atoms with Gasteiger partial charge in [-0.3, -0.25) is 4.79 Å². The van der Waals surface area contributed by atoms with E-state index in [1.165, 1.54) is 12.1 Å². The van der Waals surface area contributed by atoms with Crippen LogP contribution in [0.2, 0.25) is 5.02 Å². The molecule has 1 amide bonds. The maximum absolute atomic E-state index is 13.7. The second-order valence-electron chi connectivity index (χ2n) is 6.51. The van der Waals surface area contributed by atoms with Crippen molar-refractivity contribution in [2.45, 2.75) is 25.3 Å². The molecule has 2 atom stereocenters. The van der Waals surface area contributed by atoms with Gasteiger partial charge in [0.25, 0.3) is 0 Å². The third kappa shape index (κ3) is 5.03. The lowest BCUT2D eigenvalue weighted by molar-refractivity contribution is -0.121. The monoisotopic (exact) mass is 360 g/mol. The Morgan fingerprint density at radius 2 is 2.00 bits per heavy atom. The van der Waals surface area contributed by atoms with Gasteiger partial charge in [0.15, 0.2) is 0 Å². The fourth-order valence-corrected chi connectivity index (χ4v) is 3.46. The molecule has 1 saturated heterocycles. The predicted octanol–water partition coefficient (Wildman–Crippen LogP) is 4.07. The Morgan fingerprint density at radius 1 is 1.24 bits per heavy atom. The van der Waals surface area contributed by atoms with Crippen LogP contribution in [0.25, 0.3) is 0 Å². The van der Waals surface area contributed by atoms with Gasteiger partial charge in [-0.05, 0) is 67.2 Å². The minimum absolute atomic E-state index is 0.0267. The number of halogens is 2. The average Bonchev–Trinajstić information content (AvgIpc) is 3.11. The Labute approximate surface area is 152 Å². The first-order chi connectivity index (χ1) is 12.1. The Hall–Kier alpha value is -1.91. The lowest BCUT2D eigenvalue weighted by Gasteiger charge is -2.21. The largest absolute Gasteiger partial charge is 0.345 e. The van der Waals surface area contributed by atoms with E-state index in [4.69, 9.17) is 11.6 Å². The molecule has 1 aliphatic heterocycles. The van der Waals surface area contributed by atoms with Crippen LogP contribution in [0.4, 0.5) is 4.39 Å². The molecular formula is C20H22ClFN2O. The van der Waals surface area contributed by atoms with Crippen molar-refractivity contribution in [1.29, 1.82) is 0 Å². The molecule has 0 aromatic heterocycles. The lowest BCUT2D eigenvalue weighted by Crippen LogP contribution is -2.29. The Kier molecular flexibility index (Phi) is 6.05. The molecule has 0 aliphatic carbocycles. The number of rotatable bonds is 6. The van der Waals surface area contributed by atoms with E-state index in [0.717, 1.165) is 31.5 Å². The summed E-state index contributed by atoms with van der Waals surface area (Å²) in [5.74, 6) is 0.210. The molecule has 3 rings (SSSR count). The van der Waals surface area contributed by atoms with Crippen LogP contribution in [0.3, 0.4) is 0 Å². The fourth-order valence-electron chi connectivity index (χ4n) is 3.26. The van der Waals surface area contributed by atoms with Crippen LogP contribution in [-0.4, -0.2) is 19.0 Å². The highest BCUT2D eigenvalue weighted by atomic mass is 35.5. The number of benzene rings is 2. The minimum Gasteiger partial charge on any atom is -0.345 e. The quantitative estimate of drug-likeness (QED) is 0.815. The molecule has 2 N–H and O–H groups in total. The van der Waals surface area contributed by atoms with Crippen molar-refractivity contribution in [1.82, 2.24) is 10.6 Å². The van der Waals surface area contributed by atoms with Gasteiger partial charge < -0.3 is 10.6 Å². The summed E-state index contributed by atoms with van der Waals surface area (Å²) in [4.78, 5) is 12.5. The van der Waals surface area contributed by atoms with Crippen LogP contribution in [0.1, 0.15) is 36.4 Å². The van der Waals surface area contributed by atoms with Gasteiger partial charge in [-0.15, -0.1) is 0 Å². The summed E-state index contributed by atoms with van der Waals surface area (Å²) < 4.78 is 13.7. The van der Waals surface area contributed by atoms with Crippen LogP contribution < -0.4 is 10.6 Å². The number of carbonyl (C=O) groups excluding carboxylic acids is 1. The van der Waals surface area contributed by atoms with Gasteiger partial charge >= 0.3 is 0 Å². The van der Waals surface area contributed by atoms with E-state index in [2.05, 4.69) is 10.6 Å². The SMILES string of the molecule is O=C(CCC1CCNC1)NC(c1cccc(F)c1)c1cccc(Cl)c1. The zero-order valence-corrected chi connectivity index (χ0v) is 14.7. The molecule has 0 saturated carbocycles. The van der Waals surface area contributed by atoms with Gasteiger partial charge in [-0.25, -0.2) is 4.39 Å². The molecule has 2 aromatic rings. The Balaban J connectivity index is 1.75. The Bertz CT molecular complexity index is 686. The van der Waals surface area contributed by atoms with Crippen LogP contribution in [0, 0.1) is 11.7 Å².